The number of nitrogens with two attached hydrogens (primary N) is 1. The number of H-pyrrole nitrogens is 1. The lowest BCUT2D eigenvalue weighted by molar-refractivity contribution is 0.0600. The van der Waals surface area contributed by atoms with Crippen molar-refractivity contribution in [1.82, 2.24) is 10.2 Å². The van der Waals surface area contributed by atoms with E-state index in [0.717, 1.165) is 29.7 Å². The number of nitrogens with one attached hydrogen (secondary N) is 1. The molecular formula is C18H18N4O3. The molecule has 0 spiro atoms. The van der Waals surface area contributed by atoms with Crippen molar-refractivity contribution < 1.29 is 14.3 Å². The molecule has 128 valence electrons. The second-order valence-corrected chi connectivity index (χ2v) is 5.71. The van der Waals surface area contributed by atoms with E-state index >= 15 is 0 Å². The smallest absolute Gasteiger partial charge is 0.337 e. The van der Waals surface area contributed by atoms with Gasteiger partial charge in [0.2, 0.25) is 11.8 Å². The molecule has 1 aliphatic heterocycles. The second-order valence-electron chi connectivity index (χ2n) is 5.71. The summed E-state index contributed by atoms with van der Waals surface area (Å²) in [6, 6.07) is 9.06. The van der Waals surface area contributed by atoms with Crippen molar-refractivity contribution in [2.24, 2.45) is 5.73 Å². The summed E-state index contributed by atoms with van der Waals surface area (Å²) in [5.41, 5.74) is 9.26. The monoisotopic (exact) mass is 338 g/mol. The highest BCUT2D eigenvalue weighted by atomic mass is 16.5. The Bertz CT molecular complexity index is 875. The number of aromatic amines is 1. The van der Waals surface area contributed by atoms with Gasteiger partial charge in [0.1, 0.15) is 11.6 Å². The summed E-state index contributed by atoms with van der Waals surface area (Å²) in [5, 5.41) is 16.7. The fourth-order valence-electron chi connectivity index (χ4n) is 3.01. The molecule has 1 atom stereocenters. The van der Waals surface area contributed by atoms with Gasteiger partial charge in [-0.3, -0.25) is 5.10 Å². The third-order valence-electron chi connectivity index (χ3n) is 4.18. The maximum Gasteiger partial charge on any atom is 0.337 e. The molecule has 0 saturated carbocycles. The van der Waals surface area contributed by atoms with Crippen molar-refractivity contribution in [1.29, 1.82) is 5.26 Å². The van der Waals surface area contributed by atoms with Crippen LogP contribution in [0.3, 0.4) is 0 Å². The normalized spacial score (nSPS) is 16.0. The van der Waals surface area contributed by atoms with Gasteiger partial charge in [0.05, 0.1) is 18.6 Å². The summed E-state index contributed by atoms with van der Waals surface area (Å²) in [6.45, 7) is 2.06. The maximum absolute atomic E-state index is 11.6. The minimum Gasteiger partial charge on any atom is -0.465 e. The fraction of sp³-hybridized carbons (Fsp3) is 0.278. The average molecular weight is 338 g/mol. The number of methoxy groups -OCH3 is 1. The van der Waals surface area contributed by atoms with Gasteiger partial charge in [0.15, 0.2) is 0 Å². The molecule has 0 aliphatic carbocycles. The molecule has 7 heteroatoms. The molecule has 3 N–H and O–H groups in total. The minimum atomic E-state index is -0.412. The molecule has 0 saturated heterocycles. The number of allylic oxidation sites excluding steroid dienone is 1. The van der Waals surface area contributed by atoms with Crippen LogP contribution in [0.15, 0.2) is 35.7 Å². The van der Waals surface area contributed by atoms with Gasteiger partial charge in [-0.25, -0.2) is 4.79 Å². The first-order valence-corrected chi connectivity index (χ1v) is 7.93. The van der Waals surface area contributed by atoms with Crippen LogP contribution in [-0.4, -0.2) is 23.3 Å². The van der Waals surface area contributed by atoms with Gasteiger partial charge in [0, 0.05) is 11.3 Å². The number of esters is 1. The van der Waals surface area contributed by atoms with Crippen LogP contribution >= 0.6 is 0 Å². The van der Waals surface area contributed by atoms with E-state index in [2.05, 4.69) is 23.2 Å². The van der Waals surface area contributed by atoms with E-state index < -0.39 is 5.97 Å². The highest BCUT2D eigenvalue weighted by Gasteiger charge is 2.34. The number of ether oxygens (including phenoxy) is 2. The first-order chi connectivity index (χ1) is 12.1. The number of fused-ring (bicyclic) bond motifs is 1. The van der Waals surface area contributed by atoms with Crippen molar-refractivity contribution >= 4 is 5.97 Å². The molecule has 3 rings (SSSR count). The zero-order valence-corrected chi connectivity index (χ0v) is 14.0. The van der Waals surface area contributed by atoms with Crippen molar-refractivity contribution in [3.8, 4) is 11.9 Å². The molecule has 1 aromatic heterocycles. The number of hydrogen-bond acceptors (Lipinski definition) is 6. The number of hydrogen-bond donors (Lipinski definition) is 2. The van der Waals surface area contributed by atoms with E-state index in [9.17, 15) is 10.1 Å². The molecule has 1 aromatic carbocycles. The summed E-state index contributed by atoms with van der Waals surface area (Å²) in [5.74, 6) is -0.362. The Balaban J connectivity index is 2.11. The van der Waals surface area contributed by atoms with E-state index in [-0.39, 0.29) is 11.8 Å². The molecular weight excluding hydrogens is 320 g/mol. The molecule has 1 aliphatic rings. The van der Waals surface area contributed by atoms with Gasteiger partial charge in [-0.1, -0.05) is 25.5 Å². The lowest BCUT2D eigenvalue weighted by Crippen LogP contribution is -2.21. The summed E-state index contributed by atoms with van der Waals surface area (Å²) in [6.07, 6.45) is 1.70. The van der Waals surface area contributed by atoms with Gasteiger partial charge in [-0.15, -0.1) is 5.10 Å². The number of rotatable bonds is 4. The Morgan fingerprint density at radius 2 is 2.16 bits per heavy atom. The van der Waals surface area contributed by atoms with Gasteiger partial charge < -0.3 is 15.2 Å². The second kappa shape index (κ2) is 6.69. The summed E-state index contributed by atoms with van der Waals surface area (Å²) in [7, 11) is 1.33. The standard InChI is InChI=1S/C18H18N4O3/c1-3-4-13-15-14(10-5-7-11(8-6-10)18(23)24-2)12(9-19)16(20)25-17(15)22-21-13/h5-8,14H,3-4,20H2,1-2H3,(H,21,22)/t14-/m1/s1. The molecule has 0 bridgehead atoms. The third-order valence-corrected chi connectivity index (χ3v) is 4.18. The molecule has 0 radical (unpaired) electrons. The summed E-state index contributed by atoms with van der Waals surface area (Å²) < 4.78 is 10.2. The van der Waals surface area contributed by atoms with Gasteiger partial charge in [-0.05, 0) is 24.1 Å². The van der Waals surface area contributed by atoms with Crippen LogP contribution in [0.2, 0.25) is 0 Å². The number of carbonyl (C=O) groups excluding carboxylic acids is 1. The van der Waals surface area contributed by atoms with Crippen LogP contribution < -0.4 is 10.5 Å². The molecule has 0 fully saturated rings. The van der Waals surface area contributed by atoms with Gasteiger partial charge in [0.25, 0.3) is 0 Å². The topological polar surface area (TPSA) is 114 Å². The predicted octanol–water partition coefficient (Wildman–Crippen LogP) is 2.37. The Labute approximate surface area is 145 Å². The van der Waals surface area contributed by atoms with Crippen molar-refractivity contribution in [2.75, 3.05) is 7.11 Å². The van der Waals surface area contributed by atoms with E-state index in [0.29, 0.717) is 17.0 Å². The third kappa shape index (κ3) is 2.83. The van der Waals surface area contributed by atoms with E-state index in [4.69, 9.17) is 15.2 Å². The van der Waals surface area contributed by atoms with E-state index in [1.807, 2.05) is 0 Å². The first-order valence-electron chi connectivity index (χ1n) is 7.93. The zero-order valence-electron chi connectivity index (χ0n) is 14.0. The van der Waals surface area contributed by atoms with Crippen molar-refractivity contribution in [3.63, 3.8) is 0 Å². The average Bonchev–Trinajstić information content (AvgIpc) is 3.02. The number of aromatic nitrogens is 2. The predicted molar refractivity (Wildman–Crippen MR) is 89.7 cm³/mol. The Morgan fingerprint density at radius 1 is 1.44 bits per heavy atom. The molecule has 25 heavy (non-hydrogen) atoms. The Hall–Kier alpha value is -3.27. The van der Waals surface area contributed by atoms with Gasteiger partial charge >= 0.3 is 5.97 Å². The number of nitriles is 1. The molecule has 2 heterocycles. The first kappa shape index (κ1) is 16.6. The van der Waals surface area contributed by atoms with Crippen LogP contribution in [0.5, 0.6) is 5.88 Å². The largest absolute Gasteiger partial charge is 0.465 e. The number of carbonyl (C=O) groups is 1. The van der Waals surface area contributed by atoms with Crippen LogP contribution in [0.1, 0.15) is 46.4 Å². The van der Waals surface area contributed by atoms with Crippen molar-refractivity contribution in [2.45, 2.75) is 25.7 Å². The quantitative estimate of drug-likeness (QED) is 0.827. The van der Waals surface area contributed by atoms with Crippen LogP contribution in [0.4, 0.5) is 0 Å². The van der Waals surface area contributed by atoms with Crippen LogP contribution in [-0.2, 0) is 11.2 Å². The number of aryl methyl sites for hydroxylation is 1. The lowest BCUT2D eigenvalue weighted by atomic mass is 9.83. The van der Waals surface area contributed by atoms with Crippen molar-refractivity contribution in [3.05, 3.63) is 58.1 Å². The molecule has 0 amide bonds. The highest BCUT2D eigenvalue weighted by molar-refractivity contribution is 5.89. The van der Waals surface area contributed by atoms with E-state index in [1.54, 1.807) is 24.3 Å². The highest BCUT2D eigenvalue weighted by Crippen LogP contribution is 2.43. The SMILES string of the molecule is CCCc1[nH]nc2c1[C@H](c1ccc(C(=O)OC)cc1)C(C#N)=C(N)O2. The molecule has 0 unspecified atom stereocenters. The van der Waals surface area contributed by atoms with E-state index in [1.165, 1.54) is 7.11 Å². The zero-order chi connectivity index (χ0) is 18.0. The number of nitrogens with zero attached hydrogens (tertiary/aromatic N) is 2. The van der Waals surface area contributed by atoms with Crippen LogP contribution in [0, 0.1) is 11.3 Å². The van der Waals surface area contributed by atoms with Crippen LogP contribution in [0.25, 0.3) is 0 Å². The summed E-state index contributed by atoms with van der Waals surface area (Å²) in [4.78, 5) is 11.6. The minimum absolute atomic E-state index is 0.0478. The van der Waals surface area contributed by atoms with Gasteiger partial charge in [-0.2, -0.15) is 5.26 Å². The Kier molecular flexibility index (Phi) is 4.44. The fourth-order valence-corrected chi connectivity index (χ4v) is 3.01. The summed E-state index contributed by atoms with van der Waals surface area (Å²) >= 11 is 0. The Morgan fingerprint density at radius 3 is 2.76 bits per heavy atom. The lowest BCUT2D eigenvalue weighted by Gasteiger charge is -2.24. The molecule has 7 nitrogen and oxygen atoms in total. The maximum atomic E-state index is 11.6. The molecule has 2 aromatic rings. The number of benzene rings is 1.